The molecule has 0 spiro atoms. The van der Waals surface area contributed by atoms with Crippen LogP contribution in [0.4, 0.5) is 0 Å². The third kappa shape index (κ3) is 4.11. The van der Waals surface area contributed by atoms with Crippen LogP contribution in [-0.4, -0.2) is 36.9 Å². The number of aryl methyl sites for hydroxylation is 1. The maximum Gasteiger partial charge on any atom is 0.267 e. The molecule has 34 heavy (non-hydrogen) atoms. The van der Waals surface area contributed by atoms with Gasteiger partial charge >= 0.3 is 0 Å². The van der Waals surface area contributed by atoms with E-state index in [-0.39, 0.29) is 23.3 Å². The van der Waals surface area contributed by atoms with Gasteiger partial charge in [0.15, 0.2) is 5.16 Å². The van der Waals surface area contributed by atoms with Crippen LogP contribution < -0.4 is 10.9 Å². The van der Waals surface area contributed by atoms with E-state index in [2.05, 4.69) is 29.4 Å². The lowest BCUT2D eigenvalue weighted by Gasteiger charge is -2.34. The average molecular weight is 476 g/mol. The van der Waals surface area contributed by atoms with Gasteiger partial charge in [0.2, 0.25) is 11.7 Å². The van der Waals surface area contributed by atoms with Crippen molar-refractivity contribution in [2.24, 2.45) is 11.8 Å². The van der Waals surface area contributed by atoms with E-state index in [1.807, 2.05) is 59.9 Å². The molecule has 4 aromatic rings. The van der Waals surface area contributed by atoms with Gasteiger partial charge in [0, 0.05) is 6.04 Å². The molecule has 2 heterocycles. The molecule has 1 amide bonds. The molecule has 1 N–H and O–H groups in total. The second-order valence-electron chi connectivity index (χ2n) is 9.34. The molecule has 3 atom stereocenters. The summed E-state index contributed by atoms with van der Waals surface area (Å²) in [4.78, 5) is 26.2. The molecule has 0 saturated heterocycles. The van der Waals surface area contributed by atoms with Gasteiger partial charge < -0.3 is 5.32 Å². The Morgan fingerprint density at radius 2 is 1.85 bits per heavy atom. The summed E-state index contributed by atoms with van der Waals surface area (Å²) in [7, 11) is 0. The van der Waals surface area contributed by atoms with Gasteiger partial charge in [-0.25, -0.2) is 4.57 Å². The van der Waals surface area contributed by atoms with Crippen LogP contribution in [0.5, 0.6) is 0 Å². The fourth-order valence-corrected chi connectivity index (χ4v) is 5.61. The number of rotatable bonds is 5. The Bertz CT molecular complexity index is 1410. The number of thioether (sulfide) groups is 1. The van der Waals surface area contributed by atoms with Crippen molar-refractivity contribution in [2.75, 3.05) is 5.75 Å². The minimum absolute atomic E-state index is 0.00358. The number of fused-ring (bicyclic) bond motifs is 3. The summed E-state index contributed by atoms with van der Waals surface area (Å²) in [5, 5.41) is 13.1. The molecule has 7 nitrogen and oxygen atoms in total. The highest BCUT2D eigenvalue weighted by Crippen LogP contribution is 2.30. The molecule has 0 aliphatic heterocycles. The standard InChI is InChI=1S/C26H29N5O2S/c1-16-11-13-19(14-12-16)30-24(33)20-8-4-5-10-22(20)31-25(30)28-29-26(31)34-15-23(32)27-21-9-6-7-17(2)18(21)3/h4-5,8,10-14,17-18,21H,6-7,9,15H2,1-3H3,(H,27,32). The molecule has 3 unspecified atom stereocenters. The molecule has 5 rings (SSSR count). The normalized spacial score (nSPS) is 20.6. The van der Waals surface area contributed by atoms with E-state index in [0.29, 0.717) is 28.2 Å². The first kappa shape index (κ1) is 22.7. The number of aromatic nitrogens is 4. The number of benzene rings is 2. The summed E-state index contributed by atoms with van der Waals surface area (Å²) in [6.07, 6.45) is 3.41. The van der Waals surface area contributed by atoms with Crippen molar-refractivity contribution in [3.8, 4) is 5.69 Å². The van der Waals surface area contributed by atoms with Gasteiger partial charge in [-0.2, -0.15) is 0 Å². The Hall–Kier alpha value is -3.13. The topological polar surface area (TPSA) is 81.3 Å². The summed E-state index contributed by atoms with van der Waals surface area (Å²) in [6.45, 7) is 6.50. The summed E-state index contributed by atoms with van der Waals surface area (Å²) < 4.78 is 3.46. The number of nitrogens with one attached hydrogen (secondary N) is 1. The van der Waals surface area contributed by atoms with Gasteiger partial charge in [-0.05, 0) is 49.4 Å². The molecule has 8 heteroatoms. The molecule has 0 bridgehead atoms. The first-order valence-electron chi connectivity index (χ1n) is 11.8. The second-order valence-corrected chi connectivity index (χ2v) is 10.3. The molecule has 1 fully saturated rings. The van der Waals surface area contributed by atoms with E-state index in [9.17, 15) is 9.59 Å². The number of hydrogen-bond donors (Lipinski definition) is 1. The smallest absolute Gasteiger partial charge is 0.267 e. The van der Waals surface area contributed by atoms with Crippen LogP contribution in [0, 0.1) is 18.8 Å². The lowest BCUT2D eigenvalue weighted by molar-refractivity contribution is -0.120. The largest absolute Gasteiger partial charge is 0.352 e. The number of carbonyl (C=O) groups is 1. The maximum atomic E-state index is 13.4. The predicted octanol–water partition coefficient (Wildman–Crippen LogP) is 4.37. The van der Waals surface area contributed by atoms with Crippen molar-refractivity contribution in [2.45, 2.75) is 51.2 Å². The summed E-state index contributed by atoms with van der Waals surface area (Å²) in [5.41, 5.74) is 2.43. The van der Waals surface area contributed by atoms with E-state index in [1.54, 1.807) is 4.57 Å². The van der Waals surface area contributed by atoms with Crippen molar-refractivity contribution in [3.63, 3.8) is 0 Å². The van der Waals surface area contributed by atoms with Gasteiger partial charge in [-0.15, -0.1) is 10.2 Å². The van der Waals surface area contributed by atoms with Crippen LogP contribution in [0.15, 0.2) is 58.5 Å². The lowest BCUT2D eigenvalue weighted by atomic mass is 9.78. The van der Waals surface area contributed by atoms with Gasteiger partial charge in [0.25, 0.3) is 5.56 Å². The van der Waals surface area contributed by atoms with Crippen LogP contribution in [0.3, 0.4) is 0 Å². The maximum absolute atomic E-state index is 13.4. The quantitative estimate of drug-likeness (QED) is 0.434. The fourth-order valence-electron chi connectivity index (χ4n) is 4.86. The Balaban J connectivity index is 1.49. The third-order valence-electron chi connectivity index (χ3n) is 7.07. The highest BCUT2D eigenvalue weighted by Gasteiger charge is 2.28. The van der Waals surface area contributed by atoms with Crippen LogP contribution in [-0.2, 0) is 4.79 Å². The molecule has 1 aliphatic rings. The SMILES string of the molecule is Cc1ccc(-n2c(=O)c3ccccc3n3c(SCC(=O)NC4CCCC(C)C4C)nnc23)cc1. The van der Waals surface area contributed by atoms with Gasteiger partial charge in [0.1, 0.15) is 0 Å². The summed E-state index contributed by atoms with van der Waals surface area (Å²) in [5.74, 6) is 1.78. The van der Waals surface area contributed by atoms with Crippen molar-refractivity contribution in [3.05, 3.63) is 64.4 Å². The summed E-state index contributed by atoms with van der Waals surface area (Å²) >= 11 is 1.34. The Morgan fingerprint density at radius 1 is 1.09 bits per heavy atom. The van der Waals surface area contributed by atoms with E-state index >= 15 is 0 Å². The third-order valence-corrected chi connectivity index (χ3v) is 8.00. The predicted molar refractivity (Wildman–Crippen MR) is 136 cm³/mol. The van der Waals surface area contributed by atoms with Crippen molar-refractivity contribution in [1.29, 1.82) is 0 Å². The first-order chi connectivity index (χ1) is 16.4. The van der Waals surface area contributed by atoms with E-state index in [0.717, 1.165) is 29.6 Å². The second kappa shape index (κ2) is 9.25. The summed E-state index contributed by atoms with van der Waals surface area (Å²) in [6, 6.07) is 15.4. The number of para-hydroxylation sites is 1. The average Bonchev–Trinajstić information content (AvgIpc) is 3.26. The van der Waals surface area contributed by atoms with Crippen molar-refractivity contribution < 1.29 is 4.79 Å². The first-order valence-corrected chi connectivity index (χ1v) is 12.8. The number of hydrogen-bond acceptors (Lipinski definition) is 5. The van der Waals surface area contributed by atoms with E-state index in [1.165, 1.54) is 18.2 Å². The van der Waals surface area contributed by atoms with Crippen molar-refractivity contribution >= 4 is 34.3 Å². The number of amides is 1. The zero-order valence-corrected chi connectivity index (χ0v) is 20.5. The molecular weight excluding hydrogens is 446 g/mol. The monoisotopic (exact) mass is 475 g/mol. The van der Waals surface area contributed by atoms with E-state index < -0.39 is 0 Å². The van der Waals surface area contributed by atoms with Crippen LogP contribution in [0.25, 0.3) is 22.4 Å². The Kier molecular flexibility index (Phi) is 6.16. The number of carbonyl (C=O) groups excluding carboxylic acids is 1. The fraction of sp³-hybridized carbons (Fsp3) is 0.385. The van der Waals surface area contributed by atoms with Crippen LogP contribution in [0.1, 0.15) is 38.7 Å². The molecule has 0 radical (unpaired) electrons. The Labute approximate surface area is 202 Å². The van der Waals surface area contributed by atoms with Gasteiger partial charge in [-0.3, -0.25) is 14.0 Å². The number of nitrogens with zero attached hydrogens (tertiary/aromatic N) is 4. The zero-order chi connectivity index (χ0) is 23.8. The molecular formula is C26H29N5O2S. The highest BCUT2D eigenvalue weighted by atomic mass is 32.2. The lowest BCUT2D eigenvalue weighted by Crippen LogP contribution is -2.44. The molecule has 1 saturated carbocycles. The highest BCUT2D eigenvalue weighted by molar-refractivity contribution is 7.99. The zero-order valence-electron chi connectivity index (χ0n) is 19.7. The van der Waals surface area contributed by atoms with Gasteiger partial charge in [-0.1, -0.05) is 68.3 Å². The van der Waals surface area contributed by atoms with Gasteiger partial charge in [0.05, 0.1) is 22.3 Å². The van der Waals surface area contributed by atoms with Crippen LogP contribution >= 0.6 is 11.8 Å². The van der Waals surface area contributed by atoms with Crippen molar-refractivity contribution in [1.82, 2.24) is 24.5 Å². The molecule has 176 valence electrons. The Morgan fingerprint density at radius 3 is 2.65 bits per heavy atom. The minimum atomic E-state index is -0.144. The van der Waals surface area contributed by atoms with Crippen LogP contribution in [0.2, 0.25) is 0 Å². The van der Waals surface area contributed by atoms with E-state index in [4.69, 9.17) is 0 Å². The molecule has 2 aromatic carbocycles. The molecule has 2 aromatic heterocycles. The molecule has 1 aliphatic carbocycles. The minimum Gasteiger partial charge on any atom is -0.352 e.